The van der Waals surface area contributed by atoms with Gasteiger partial charge in [-0.1, -0.05) is 12.8 Å². The Morgan fingerprint density at radius 1 is 1.53 bits per heavy atom. The lowest BCUT2D eigenvalue weighted by Crippen LogP contribution is -2.52. The van der Waals surface area contributed by atoms with Crippen LogP contribution >= 0.6 is 0 Å². The molecular formula is C13H20N2O2. The third kappa shape index (κ3) is 2.36. The molecule has 0 aliphatic heterocycles. The van der Waals surface area contributed by atoms with Gasteiger partial charge >= 0.3 is 0 Å². The molecule has 1 aliphatic rings. The molecule has 1 heterocycles. The van der Waals surface area contributed by atoms with Crippen LogP contribution in [0.15, 0.2) is 16.7 Å². The molecule has 0 unspecified atom stereocenters. The Labute approximate surface area is 102 Å². The number of furan rings is 1. The predicted octanol–water partition coefficient (Wildman–Crippen LogP) is 1.82. The third-order valence-corrected chi connectivity index (χ3v) is 3.64. The number of hydrogen-bond acceptors (Lipinski definition) is 3. The molecule has 0 spiro atoms. The fraction of sp³-hybridized carbons (Fsp3) is 0.615. The van der Waals surface area contributed by atoms with Crippen LogP contribution in [0.2, 0.25) is 0 Å². The monoisotopic (exact) mass is 236 g/mol. The van der Waals surface area contributed by atoms with Gasteiger partial charge in [0, 0.05) is 19.2 Å². The molecule has 1 saturated carbocycles. The average molecular weight is 236 g/mol. The molecule has 1 aliphatic carbocycles. The van der Waals surface area contributed by atoms with Crippen molar-refractivity contribution in [2.24, 2.45) is 5.73 Å². The molecule has 2 rings (SSSR count). The molecule has 1 amide bonds. The number of hydrogen-bond donors (Lipinski definition) is 1. The standard InChI is InChI=1S/C13H20N2O2/c1-10-11(5-8-17-10)9-15(2)12(16)13(14)6-3-4-7-13/h5,8H,3-4,6-7,9,14H2,1-2H3. The maximum absolute atomic E-state index is 12.3. The second kappa shape index (κ2) is 4.53. The fourth-order valence-corrected chi connectivity index (χ4v) is 2.50. The topological polar surface area (TPSA) is 59.5 Å². The first-order valence-electron chi connectivity index (χ1n) is 6.10. The van der Waals surface area contributed by atoms with Gasteiger partial charge in [-0.2, -0.15) is 0 Å². The van der Waals surface area contributed by atoms with Crippen LogP contribution < -0.4 is 5.73 Å². The minimum atomic E-state index is -0.633. The van der Waals surface area contributed by atoms with Gasteiger partial charge in [0.15, 0.2) is 0 Å². The highest BCUT2D eigenvalue weighted by molar-refractivity contribution is 5.86. The number of carbonyl (C=O) groups excluding carboxylic acids is 1. The first-order valence-corrected chi connectivity index (χ1v) is 6.10. The SMILES string of the molecule is Cc1occc1CN(C)C(=O)C1(N)CCCC1. The number of nitrogens with zero attached hydrogens (tertiary/aromatic N) is 1. The lowest BCUT2D eigenvalue weighted by molar-refractivity contribution is -0.136. The Morgan fingerprint density at radius 3 is 2.71 bits per heavy atom. The Balaban J connectivity index is 2.03. The highest BCUT2D eigenvalue weighted by atomic mass is 16.3. The quantitative estimate of drug-likeness (QED) is 0.870. The van der Waals surface area contributed by atoms with E-state index in [-0.39, 0.29) is 5.91 Å². The molecule has 0 bridgehead atoms. The number of nitrogens with two attached hydrogens (primary N) is 1. The van der Waals surface area contributed by atoms with Gasteiger partial charge in [0.1, 0.15) is 5.76 Å². The van der Waals surface area contributed by atoms with E-state index < -0.39 is 5.54 Å². The van der Waals surface area contributed by atoms with Crippen molar-refractivity contribution < 1.29 is 9.21 Å². The van der Waals surface area contributed by atoms with Gasteiger partial charge < -0.3 is 15.1 Å². The molecule has 1 fully saturated rings. The number of carbonyl (C=O) groups is 1. The van der Waals surface area contributed by atoms with E-state index in [2.05, 4.69) is 0 Å². The van der Waals surface area contributed by atoms with Crippen molar-refractivity contribution in [2.75, 3.05) is 7.05 Å². The number of likely N-dealkylation sites (N-methyl/N-ethyl adjacent to an activating group) is 1. The van der Waals surface area contributed by atoms with E-state index in [1.165, 1.54) is 0 Å². The molecule has 1 aromatic heterocycles. The van der Waals surface area contributed by atoms with Crippen LogP contribution in [-0.4, -0.2) is 23.4 Å². The van der Waals surface area contributed by atoms with Crippen molar-refractivity contribution in [1.82, 2.24) is 4.90 Å². The Hall–Kier alpha value is -1.29. The van der Waals surface area contributed by atoms with Crippen molar-refractivity contribution in [1.29, 1.82) is 0 Å². The van der Waals surface area contributed by atoms with Crippen LogP contribution in [0.1, 0.15) is 37.0 Å². The zero-order valence-corrected chi connectivity index (χ0v) is 10.5. The van der Waals surface area contributed by atoms with Crippen LogP contribution in [0.3, 0.4) is 0 Å². The van der Waals surface area contributed by atoms with Crippen molar-refractivity contribution in [3.05, 3.63) is 23.7 Å². The second-order valence-electron chi connectivity index (χ2n) is 5.03. The van der Waals surface area contributed by atoms with Crippen LogP contribution in [0.5, 0.6) is 0 Å². The highest BCUT2D eigenvalue weighted by Gasteiger charge is 2.38. The Morgan fingerprint density at radius 2 is 2.18 bits per heavy atom. The van der Waals surface area contributed by atoms with Gasteiger partial charge in [0.2, 0.25) is 5.91 Å². The summed E-state index contributed by atoms with van der Waals surface area (Å²) in [5.41, 5.74) is 6.57. The molecule has 0 saturated heterocycles. The Bertz CT molecular complexity index is 405. The molecular weight excluding hydrogens is 216 g/mol. The first-order chi connectivity index (χ1) is 8.03. The normalized spacial score (nSPS) is 18.3. The molecule has 4 heteroatoms. The summed E-state index contributed by atoms with van der Waals surface area (Å²) in [4.78, 5) is 14.0. The van der Waals surface area contributed by atoms with Gasteiger partial charge in [0.05, 0.1) is 11.8 Å². The van der Waals surface area contributed by atoms with Crippen molar-refractivity contribution in [2.45, 2.75) is 44.7 Å². The molecule has 94 valence electrons. The van der Waals surface area contributed by atoms with Gasteiger partial charge in [-0.25, -0.2) is 0 Å². The van der Waals surface area contributed by atoms with Crippen molar-refractivity contribution in [3.63, 3.8) is 0 Å². The summed E-state index contributed by atoms with van der Waals surface area (Å²) in [6, 6.07) is 1.90. The first kappa shape index (κ1) is 12.2. The van der Waals surface area contributed by atoms with Crippen LogP contribution in [0.4, 0.5) is 0 Å². The smallest absolute Gasteiger partial charge is 0.242 e. The van der Waals surface area contributed by atoms with Crippen molar-refractivity contribution in [3.8, 4) is 0 Å². The summed E-state index contributed by atoms with van der Waals surface area (Å²) in [7, 11) is 1.81. The highest BCUT2D eigenvalue weighted by Crippen LogP contribution is 2.29. The van der Waals surface area contributed by atoms with E-state index in [4.69, 9.17) is 10.2 Å². The lowest BCUT2D eigenvalue weighted by atomic mass is 9.97. The summed E-state index contributed by atoms with van der Waals surface area (Å²) < 4.78 is 5.23. The molecule has 1 aromatic rings. The molecule has 17 heavy (non-hydrogen) atoms. The summed E-state index contributed by atoms with van der Waals surface area (Å²) in [6.07, 6.45) is 5.37. The number of rotatable bonds is 3. The largest absolute Gasteiger partial charge is 0.469 e. The van der Waals surface area contributed by atoms with Gasteiger partial charge in [0.25, 0.3) is 0 Å². The van der Waals surface area contributed by atoms with E-state index in [0.29, 0.717) is 6.54 Å². The summed E-state index contributed by atoms with van der Waals surface area (Å²) in [5, 5.41) is 0. The van der Waals surface area contributed by atoms with Crippen LogP contribution in [-0.2, 0) is 11.3 Å². The molecule has 4 nitrogen and oxygen atoms in total. The van der Waals surface area contributed by atoms with E-state index in [1.54, 1.807) is 11.2 Å². The van der Waals surface area contributed by atoms with Gasteiger partial charge in [-0.3, -0.25) is 4.79 Å². The fourth-order valence-electron chi connectivity index (χ4n) is 2.50. The average Bonchev–Trinajstić information content (AvgIpc) is 2.89. The zero-order chi connectivity index (χ0) is 12.5. The predicted molar refractivity (Wildman–Crippen MR) is 65.3 cm³/mol. The summed E-state index contributed by atoms with van der Waals surface area (Å²) in [5.74, 6) is 0.915. The molecule has 0 aromatic carbocycles. The maximum Gasteiger partial charge on any atom is 0.242 e. The van der Waals surface area contributed by atoms with Gasteiger partial charge in [-0.15, -0.1) is 0 Å². The van der Waals surface area contributed by atoms with E-state index in [9.17, 15) is 4.79 Å². The third-order valence-electron chi connectivity index (χ3n) is 3.64. The van der Waals surface area contributed by atoms with Crippen LogP contribution in [0.25, 0.3) is 0 Å². The summed E-state index contributed by atoms with van der Waals surface area (Å²) in [6.45, 7) is 2.47. The van der Waals surface area contributed by atoms with E-state index in [0.717, 1.165) is 37.0 Å². The number of amides is 1. The van der Waals surface area contributed by atoms with E-state index in [1.807, 2.05) is 20.0 Å². The minimum absolute atomic E-state index is 0.0515. The Kier molecular flexibility index (Phi) is 3.24. The maximum atomic E-state index is 12.3. The second-order valence-corrected chi connectivity index (χ2v) is 5.03. The van der Waals surface area contributed by atoms with Crippen molar-refractivity contribution >= 4 is 5.91 Å². The minimum Gasteiger partial charge on any atom is -0.469 e. The molecule has 0 atom stereocenters. The van der Waals surface area contributed by atoms with Gasteiger partial charge in [-0.05, 0) is 25.8 Å². The number of aryl methyl sites for hydroxylation is 1. The summed E-state index contributed by atoms with van der Waals surface area (Å²) >= 11 is 0. The lowest BCUT2D eigenvalue weighted by Gasteiger charge is -2.28. The van der Waals surface area contributed by atoms with Crippen LogP contribution in [0, 0.1) is 6.92 Å². The molecule has 0 radical (unpaired) electrons. The zero-order valence-electron chi connectivity index (χ0n) is 10.5. The molecule has 2 N–H and O–H groups in total. The van der Waals surface area contributed by atoms with E-state index >= 15 is 0 Å².